The number of hydrogen-bond donors (Lipinski definition) is 1. The van der Waals surface area contributed by atoms with Crippen LogP contribution in [0.25, 0.3) is 5.69 Å². The third-order valence-electron chi connectivity index (χ3n) is 5.99. The third kappa shape index (κ3) is 2.87. The van der Waals surface area contributed by atoms with Crippen molar-refractivity contribution < 1.29 is 9.18 Å². The monoisotopic (exact) mass is 356 g/mol. The molecule has 1 aliphatic carbocycles. The van der Waals surface area contributed by atoms with Gasteiger partial charge >= 0.3 is 6.03 Å². The number of nitrogens with one attached hydrogen (secondary N) is 1. The van der Waals surface area contributed by atoms with Crippen molar-refractivity contribution in [1.82, 2.24) is 14.7 Å². The summed E-state index contributed by atoms with van der Waals surface area (Å²) >= 11 is 0. The van der Waals surface area contributed by atoms with Gasteiger partial charge in [-0.2, -0.15) is 5.10 Å². The number of rotatable bonds is 2. The third-order valence-corrected chi connectivity index (χ3v) is 5.99. The zero-order chi connectivity index (χ0) is 18.3. The number of fused-ring (bicyclic) bond motifs is 1. The number of carbonyl (C=O) groups is 1. The maximum Gasteiger partial charge on any atom is 0.322 e. The lowest BCUT2D eigenvalue weighted by molar-refractivity contribution is 0.180. The SMILES string of the molecule is Cc1c(NC(=O)N2CC(C)C3CCCCC32)cnn1-c1ccccc1F. The molecule has 2 heterocycles. The van der Waals surface area contributed by atoms with E-state index in [9.17, 15) is 9.18 Å². The van der Waals surface area contributed by atoms with Gasteiger partial charge in [-0.15, -0.1) is 0 Å². The maximum atomic E-state index is 14.0. The van der Waals surface area contributed by atoms with Gasteiger partial charge in [0, 0.05) is 12.6 Å². The summed E-state index contributed by atoms with van der Waals surface area (Å²) in [7, 11) is 0. The number of halogens is 1. The second-order valence-electron chi connectivity index (χ2n) is 7.58. The van der Waals surface area contributed by atoms with Crippen LogP contribution in [0.4, 0.5) is 14.9 Å². The van der Waals surface area contributed by atoms with Gasteiger partial charge in [0.05, 0.1) is 17.6 Å². The average Bonchev–Trinajstić information content (AvgIpc) is 3.17. The fourth-order valence-electron chi connectivity index (χ4n) is 4.59. The molecule has 1 N–H and O–H groups in total. The second-order valence-corrected chi connectivity index (χ2v) is 7.58. The largest absolute Gasteiger partial charge is 0.322 e. The number of anilines is 1. The van der Waals surface area contributed by atoms with E-state index in [1.165, 1.54) is 30.0 Å². The smallest absolute Gasteiger partial charge is 0.321 e. The quantitative estimate of drug-likeness (QED) is 0.869. The van der Waals surface area contributed by atoms with Crippen LogP contribution in [0.3, 0.4) is 0 Å². The highest BCUT2D eigenvalue weighted by atomic mass is 19.1. The first kappa shape index (κ1) is 17.1. The van der Waals surface area contributed by atoms with Gasteiger partial charge in [0.25, 0.3) is 0 Å². The first-order valence-corrected chi connectivity index (χ1v) is 9.43. The summed E-state index contributed by atoms with van der Waals surface area (Å²) in [6.45, 7) is 4.89. The lowest BCUT2D eigenvalue weighted by Crippen LogP contribution is -2.41. The molecule has 3 atom stereocenters. The molecule has 2 aliphatic rings. The molecule has 3 unspecified atom stereocenters. The van der Waals surface area contributed by atoms with Gasteiger partial charge in [0.1, 0.15) is 11.5 Å². The Morgan fingerprint density at radius 1 is 1.27 bits per heavy atom. The molecular weight excluding hydrogens is 331 g/mol. The second kappa shape index (κ2) is 6.74. The van der Waals surface area contributed by atoms with Crippen LogP contribution in [-0.2, 0) is 0 Å². The van der Waals surface area contributed by atoms with Crippen LogP contribution in [0.2, 0.25) is 0 Å². The first-order chi connectivity index (χ1) is 12.6. The van der Waals surface area contributed by atoms with Crippen LogP contribution >= 0.6 is 0 Å². The van der Waals surface area contributed by atoms with Crippen molar-refractivity contribution >= 4 is 11.7 Å². The van der Waals surface area contributed by atoms with Crippen molar-refractivity contribution in [2.24, 2.45) is 11.8 Å². The van der Waals surface area contributed by atoms with Crippen LogP contribution in [0.1, 0.15) is 38.3 Å². The average molecular weight is 356 g/mol. The zero-order valence-electron chi connectivity index (χ0n) is 15.3. The van der Waals surface area contributed by atoms with Crippen LogP contribution < -0.4 is 5.32 Å². The van der Waals surface area contributed by atoms with Crippen molar-refractivity contribution in [2.75, 3.05) is 11.9 Å². The topological polar surface area (TPSA) is 50.2 Å². The number of nitrogens with zero attached hydrogens (tertiary/aromatic N) is 3. The van der Waals surface area contributed by atoms with E-state index in [-0.39, 0.29) is 11.8 Å². The number of likely N-dealkylation sites (tertiary alicyclic amines) is 1. The molecule has 4 rings (SSSR count). The van der Waals surface area contributed by atoms with Crippen molar-refractivity contribution in [2.45, 2.75) is 45.6 Å². The number of urea groups is 1. The standard InChI is InChI=1S/C20H25FN4O/c1-13-12-24(18-9-5-3-7-15(13)18)20(26)23-17-11-22-25(14(17)2)19-10-6-4-8-16(19)21/h4,6,8,10-11,13,15,18H,3,5,7,9,12H2,1-2H3,(H,23,26). The molecule has 5 nitrogen and oxygen atoms in total. The number of carbonyl (C=O) groups excluding carboxylic acids is 1. The molecule has 1 aliphatic heterocycles. The van der Waals surface area contributed by atoms with Gasteiger partial charge in [-0.05, 0) is 43.7 Å². The van der Waals surface area contributed by atoms with Crippen LogP contribution in [-0.4, -0.2) is 33.3 Å². The summed E-state index contributed by atoms with van der Waals surface area (Å²) in [6.07, 6.45) is 6.38. The van der Waals surface area contributed by atoms with Crippen LogP contribution in [0, 0.1) is 24.6 Å². The number of para-hydroxylation sites is 1. The van der Waals surface area contributed by atoms with Crippen molar-refractivity contribution in [3.05, 3.63) is 42.0 Å². The van der Waals surface area contributed by atoms with E-state index >= 15 is 0 Å². The van der Waals surface area contributed by atoms with Crippen molar-refractivity contribution in [3.63, 3.8) is 0 Å². The van der Waals surface area contributed by atoms with E-state index in [0.29, 0.717) is 29.3 Å². The summed E-state index contributed by atoms with van der Waals surface area (Å²) in [5, 5.41) is 7.26. The predicted molar refractivity (Wildman–Crippen MR) is 98.9 cm³/mol. The molecule has 6 heteroatoms. The molecule has 0 radical (unpaired) electrons. The molecule has 2 aromatic rings. The lowest BCUT2D eigenvalue weighted by Gasteiger charge is -2.32. The molecule has 0 spiro atoms. The molecule has 2 amide bonds. The Morgan fingerprint density at radius 2 is 2.04 bits per heavy atom. The normalized spacial score (nSPS) is 25.2. The minimum atomic E-state index is -0.338. The summed E-state index contributed by atoms with van der Waals surface area (Å²) in [4.78, 5) is 14.9. The van der Waals surface area contributed by atoms with Gasteiger partial charge < -0.3 is 10.2 Å². The fraction of sp³-hybridized carbons (Fsp3) is 0.500. The van der Waals surface area contributed by atoms with Gasteiger partial charge in [-0.25, -0.2) is 13.9 Å². The Kier molecular flexibility index (Phi) is 4.42. The van der Waals surface area contributed by atoms with Gasteiger partial charge in [-0.1, -0.05) is 31.9 Å². The predicted octanol–water partition coefficient (Wildman–Crippen LogP) is 4.36. The molecule has 26 heavy (non-hydrogen) atoms. The van der Waals surface area contributed by atoms with E-state index in [2.05, 4.69) is 17.3 Å². The maximum absolute atomic E-state index is 14.0. The zero-order valence-corrected chi connectivity index (χ0v) is 15.3. The summed E-state index contributed by atoms with van der Waals surface area (Å²) in [5.41, 5.74) is 1.73. The number of benzene rings is 1. The Hall–Kier alpha value is -2.37. The van der Waals surface area contributed by atoms with Crippen molar-refractivity contribution in [3.8, 4) is 5.69 Å². The molecule has 1 saturated carbocycles. The van der Waals surface area contributed by atoms with E-state index in [1.54, 1.807) is 24.4 Å². The fourth-order valence-corrected chi connectivity index (χ4v) is 4.59. The van der Waals surface area contributed by atoms with E-state index in [4.69, 9.17) is 0 Å². The molecular formula is C20H25FN4O. The van der Waals surface area contributed by atoms with Crippen molar-refractivity contribution in [1.29, 1.82) is 0 Å². The van der Waals surface area contributed by atoms with E-state index in [0.717, 1.165) is 18.7 Å². The van der Waals surface area contributed by atoms with Gasteiger partial charge in [0.15, 0.2) is 0 Å². The Balaban J connectivity index is 1.53. The highest BCUT2D eigenvalue weighted by Gasteiger charge is 2.42. The molecule has 1 aromatic carbocycles. The van der Waals surface area contributed by atoms with Gasteiger partial charge in [-0.3, -0.25) is 0 Å². The lowest BCUT2D eigenvalue weighted by atomic mass is 9.80. The molecule has 1 aromatic heterocycles. The van der Waals surface area contributed by atoms with E-state index in [1.807, 2.05) is 11.8 Å². The molecule has 2 fully saturated rings. The Labute approximate surface area is 153 Å². The highest BCUT2D eigenvalue weighted by Crippen LogP contribution is 2.40. The minimum absolute atomic E-state index is 0.0672. The number of hydrogen-bond acceptors (Lipinski definition) is 2. The summed E-state index contributed by atoms with van der Waals surface area (Å²) < 4.78 is 15.6. The van der Waals surface area contributed by atoms with E-state index < -0.39 is 0 Å². The number of aromatic nitrogens is 2. The molecule has 1 saturated heterocycles. The minimum Gasteiger partial charge on any atom is -0.321 e. The first-order valence-electron chi connectivity index (χ1n) is 9.43. The number of amides is 2. The summed E-state index contributed by atoms with van der Waals surface area (Å²) in [5.74, 6) is 0.833. The summed E-state index contributed by atoms with van der Waals surface area (Å²) in [6, 6.07) is 6.78. The van der Waals surface area contributed by atoms with Gasteiger partial charge in [0.2, 0.25) is 0 Å². The Bertz CT molecular complexity index is 818. The molecule has 0 bridgehead atoms. The van der Waals surface area contributed by atoms with Crippen LogP contribution in [0.5, 0.6) is 0 Å². The Morgan fingerprint density at radius 3 is 2.85 bits per heavy atom. The highest BCUT2D eigenvalue weighted by molar-refractivity contribution is 5.90. The molecule has 138 valence electrons. The van der Waals surface area contributed by atoms with Crippen LogP contribution in [0.15, 0.2) is 30.5 Å².